The zero-order chi connectivity index (χ0) is 14.1. The number of aliphatic hydroxyl groups is 1. The average molecular weight is 266 g/mol. The van der Waals surface area contributed by atoms with Gasteiger partial charge in [-0.25, -0.2) is 0 Å². The van der Waals surface area contributed by atoms with Gasteiger partial charge in [0.15, 0.2) is 0 Å². The molecule has 0 heterocycles. The molecule has 0 unspecified atom stereocenters. The molecule has 0 aliphatic heterocycles. The summed E-state index contributed by atoms with van der Waals surface area (Å²) in [6.45, 7) is 0.511. The van der Waals surface area contributed by atoms with E-state index in [-0.39, 0.29) is 19.7 Å². The molecular weight excluding hydrogens is 248 g/mol. The van der Waals surface area contributed by atoms with Gasteiger partial charge in [0.25, 0.3) is 0 Å². The van der Waals surface area contributed by atoms with Gasteiger partial charge in [0.1, 0.15) is 5.75 Å². The fourth-order valence-electron chi connectivity index (χ4n) is 1.41. The van der Waals surface area contributed by atoms with E-state index >= 15 is 0 Å². The molecule has 1 rings (SSSR count). The summed E-state index contributed by atoms with van der Waals surface area (Å²) in [6, 6.07) is 7.21. The zero-order valence-electron chi connectivity index (χ0n) is 10.8. The highest BCUT2D eigenvalue weighted by Crippen LogP contribution is 2.11. The van der Waals surface area contributed by atoms with Gasteiger partial charge in [-0.05, 0) is 24.1 Å². The van der Waals surface area contributed by atoms with Crippen molar-refractivity contribution < 1.29 is 19.4 Å². The molecule has 0 radical (unpaired) electrons. The van der Waals surface area contributed by atoms with Crippen molar-refractivity contribution in [3.8, 4) is 5.75 Å². The van der Waals surface area contributed by atoms with Gasteiger partial charge in [0, 0.05) is 19.7 Å². The Bertz CT molecular complexity index is 434. The molecule has 2 amide bonds. The highest BCUT2D eigenvalue weighted by Gasteiger charge is 2.11. The first-order valence-corrected chi connectivity index (χ1v) is 5.97. The number of carbonyl (C=O) groups is 2. The van der Waals surface area contributed by atoms with E-state index in [4.69, 9.17) is 9.84 Å². The first-order chi connectivity index (χ1) is 9.17. The summed E-state index contributed by atoms with van der Waals surface area (Å²) in [5.74, 6) is -0.698. The SMILES string of the molecule is COc1cccc(CNC(=O)C(=O)NCCCO)c1. The van der Waals surface area contributed by atoms with Crippen molar-refractivity contribution in [2.45, 2.75) is 13.0 Å². The average Bonchev–Trinajstić information content (AvgIpc) is 2.45. The molecule has 104 valence electrons. The van der Waals surface area contributed by atoms with Crippen molar-refractivity contribution in [2.24, 2.45) is 0 Å². The van der Waals surface area contributed by atoms with Crippen LogP contribution in [-0.2, 0) is 16.1 Å². The van der Waals surface area contributed by atoms with Crippen LogP contribution >= 0.6 is 0 Å². The Morgan fingerprint density at radius 2 is 2.00 bits per heavy atom. The lowest BCUT2D eigenvalue weighted by Crippen LogP contribution is -2.40. The first-order valence-electron chi connectivity index (χ1n) is 5.97. The Balaban J connectivity index is 2.38. The van der Waals surface area contributed by atoms with Gasteiger partial charge in [0.05, 0.1) is 7.11 Å². The van der Waals surface area contributed by atoms with Crippen molar-refractivity contribution in [1.82, 2.24) is 10.6 Å². The van der Waals surface area contributed by atoms with Gasteiger partial charge in [-0.2, -0.15) is 0 Å². The van der Waals surface area contributed by atoms with Crippen LogP contribution < -0.4 is 15.4 Å². The summed E-state index contributed by atoms with van der Waals surface area (Å²) in [5.41, 5.74) is 0.843. The van der Waals surface area contributed by atoms with E-state index in [0.29, 0.717) is 12.2 Å². The molecule has 0 aliphatic rings. The van der Waals surface area contributed by atoms with Crippen molar-refractivity contribution in [3.05, 3.63) is 29.8 Å². The number of hydrogen-bond donors (Lipinski definition) is 3. The molecule has 0 fully saturated rings. The Morgan fingerprint density at radius 3 is 2.68 bits per heavy atom. The Labute approximate surface area is 111 Å². The van der Waals surface area contributed by atoms with Crippen LogP contribution in [0.2, 0.25) is 0 Å². The second-order valence-corrected chi connectivity index (χ2v) is 3.87. The summed E-state index contributed by atoms with van der Waals surface area (Å²) >= 11 is 0. The molecule has 0 atom stereocenters. The fraction of sp³-hybridized carbons (Fsp3) is 0.385. The Morgan fingerprint density at radius 1 is 1.26 bits per heavy atom. The van der Waals surface area contributed by atoms with E-state index in [0.717, 1.165) is 5.56 Å². The molecule has 0 spiro atoms. The molecule has 6 heteroatoms. The van der Waals surface area contributed by atoms with Crippen LogP contribution in [0.3, 0.4) is 0 Å². The quantitative estimate of drug-likeness (QED) is 0.492. The van der Waals surface area contributed by atoms with E-state index in [1.165, 1.54) is 0 Å². The minimum atomic E-state index is -0.698. The molecule has 0 saturated heterocycles. The summed E-state index contributed by atoms with van der Waals surface area (Å²) in [7, 11) is 1.56. The van der Waals surface area contributed by atoms with E-state index in [2.05, 4.69) is 10.6 Å². The summed E-state index contributed by atoms with van der Waals surface area (Å²) < 4.78 is 5.06. The first kappa shape index (κ1) is 15.0. The standard InChI is InChI=1S/C13H18N2O4/c1-19-11-5-2-4-10(8-11)9-15-13(18)12(17)14-6-3-7-16/h2,4-5,8,16H,3,6-7,9H2,1H3,(H,14,17)(H,15,18). The van der Waals surface area contributed by atoms with E-state index in [1.54, 1.807) is 19.2 Å². The Kier molecular flexibility index (Phi) is 6.38. The number of hydrogen-bond acceptors (Lipinski definition) is 4. The van der Waals surface area contributed by atoms with Crippen LogP contribution in [-0.4, -0.2) is 37.2 Å². The molecule has 3 N–H and O–H groups in total. The van der Waals surface area contributed by atoms with Gasteiger partial charge < -0.3 is 20.5 Å². The maximum absolute atomic E-state index is 11.4. The topological polar surface area (TPSA) is 87.7 Å². The molecule has 19 heavy (non-hydrogen) atoms. The highest BCUT2D eigenvalue weighted by molar-refractivity contribution is 6.35. The monoisotopic (exact) mass is 266 g/mol. The van der Waals surface area contributed by atoms with Crippen LogP contribution in [0.1, 0.15) is 12.0 Å². The summed E-state index contributed by atoms with van der Waals surface area (Å²) in [5, 5.41) is 13.5. The normalized spacial score (nSPS) is 9.79. The van der Waals surface area contributed by atoms with Crippen molar-refractivity contribution >= 4 is 11.8 Å². The number of methoxy groups -OCH3 is 1. The van der Waals surface area contributed by atoms with E-state index in [9.17, 15) is 9.59 Å². The third-order valence-corrected chi connectivity index (χ3v) is 2.41. The fourth-order valence-corrected chi connectivity index (χ4v) is 1.41. The van der Waals surface area contributed by atoms with Crippen molar-refractivity contribution in [3.63, 3.8) is 0 Å². The van der Waals surface area contributed by atoms with Gasteiger partial charge in [0.2, 0.25) is 0 Å². The molecule has 1 aromatic rings. The van der Waals surface area contributed by atoms with Crippen molar-refractivity contribution in [1.29, 1.82) is 0 Å². The van der Waals surface area contributed by atoms with Gasteiger partial charge in [-0.15, -0.1) is 0 Å². The number of ether oxygens (including phenoxy) is 1. The Hall–Kier alpha value is -2.08. The zero-order valence-corrected chi connectivity index (χ0v) is 10.8. The number of carbonyl (C=O) groups excluding carboxylic acids is 2. The third-order valence-electron chi connectivity index (χ3n) is 2.41. The molecule has 6 nitrogen and oxygen atoms in total. The van der Waals surface area contributed by atoms with Crippen LogP contribution in [0, 0.1) is 0 Å². The second-order valence-electron chi connectivity index (χ2n) is 3.87. The van der Waals surface area contributed by atoms with Gasteiger partial charge in [-0.1, -0.05) is 12.1 Å². The number of nitrogens with one attached hydrogen (secondary N) is 2. The molecule has 1 aromatic carbocycles. The predicted octanol–water partition coefficient (Wildman–Crippen LogP) is -0.190. The lowest BCUT2D eigenvalue weighted by Gasteiger charge is -2.07. The predicted molar refractivity (Wildman–Crippen MR) is 69.6 cm³/mol. The molecule has 0 aliphatic carbocycles. The van der Waals surface area contributed by atoms with Crippen LogP contribution in [0.25, 0.3) is 0 Å². The molecular formula is C13H18N2O4. The van der Waals surface area contributed by atoms with E-state index in [1.807, 2.05) is 12.1 Å². The maximum Gasteiger partial charge on any atom is 0.309 e. The van der Waals surface area contributed by atoms with E-state index < -0.39 is 11.8 Å². The van der Waals surface area contributed by atoms with Crippen molar-refractivity contribution in [2.75, 3.05) is 20.3 Å². The largest absolute Gasteiger partial charge is 0.497 e. The smallest absolute Gasteiger partial charge is 0.309 e. The lowest BCUT2D eigenvalue weighted by molar-refractivity contribution is -0.139. The number of rotatable bonds is 6. The van der Waals surface area contributed by atoms with Gasteiger partial charge in [-0.3, -0.25) is 9.59 Å². The summed E-state index contributed by atoms with van der Waals surface area (Å²) in [6.07, 6.45) is 0.426. The molecule has 0 saturated carbocycles. The molecule has 0 aromatic heterocycles. The minimum absolute atomic E-state index is 0.0221. The highest BCUT2D eigenvalue weighted by atomic mass is 16.5. The summed E-state index contributed by atoms with van der Waals surface area (Å²) in [4.78, 5) is 22.8. The maximum atomic E-state index is 11.4. The number of benzene rings is 1. The molecule has 0 bridgehead atoms. The third kappa shape index (κ3) is 5.39. The lowest BCUT2D eigenvalue weighted by atomic mass is 10.2. The van der Waals surface area contributed by atoms with Crippen LogP contribution in [0.15, 0.2) is 24.3 Å². The second kappa shape index (κ2) is 8.10. The minimum Gasteiger partial charge on any atom is -0.497 e. The van der Waals surface area contributed by atoms with Gasteiger partial charge >= 0.3 is 11.8 Å². The van der Waals surface area contributed by atoms with Crippen LogP contribution in [0.4, 0.5) is 0 Å². The number of amides is 2. The number of aliphatic hydroxyl groups excluding tert-OH is 1. The van der Waals surface area contributed by atoms with Crippen LogP contribution in [0.5, 0.6) is 5.75 Å².